The lowest BCUT2D eigenvalue weighted by atomic mass is 10.1. The fraction of sp³-hybridized carbons (Fsp3) is 0.222. The number of benzene rings is 2. The predicted octanol–water partition coefficient (Wildman–Crippen LogP) is 3.86. The zero-order chi connectivity index (χ0) is 17.6. The van der Waals surface area contributed by atoms with Gasteiger partial charge in [-0.25, -0.2) is 0 Å². The van der Waals surface area contributed by atoms with Crippen LogP contribution in [0.3, 0.4) is 0 Å². The minimum absolute atomic E-state index is 0.0122. The molecule has 7 nitrogen and oxygen atoms in total. The van der Waals surface area contributed by atoms with Gasteiger partial charge in [-0.2, -0.15) is 4.98 Å². The highest BCUT2D eigenvalue weighted by molar-refractivity contribution is 5.69. The van der Waals surface area contributed by atoms with Crippen molar-refractivity contribution in [2.45, 2.75) is 19.8 Å². The number of nitro groups is 1. The summed E-state index contributed by atoms with van der Waals surface area (Å²) in [6, 6.07) is 14.8. The number of anilines is 1. The number of aromatic nitrogens is 2. The van der Waals surface area contributed by atoms with E-state index in [1.54, 1.807) is 12.1 Å². The molecule has 0 amide bonds. The zero-order valence-corrected chi connectivity index (χ0v) is 13.8. The van der Waals surface area contributed by atoms with E-state index >= 15 is 0 Å². The second-order valence-electron chi connectivity index (χ2n) is 5.52. The molecular weight excluding hydrogens is 320 g/mol. The number of nitrogens with one attached hydrogen (secondary N) is 1. The smallest absolute Gasteiger partial charge is 0.293 e. The van der Waals surface area contributed by atoms with Crippen LogP contribution < -0.4 is 5.32 Å². The molecule has 0 saturated heterocycles. The summed E-state index contributed by atoms with van der Waals surface area (Å²) in [6.07, 6.45) is 1.42. The standard InChI is InChI=1S/C18H18N4O3/c1-2-17-20-18(25-21-17)14-8-9-15(16(12-14)22(23)24)19-11-10-13-6-4-3-5-7-13/h3-9,12,19H,2,10-11H2,1H3. The number of aryl methyl sites for hydroxylation is 1. The molecule has 25 heavy (non-hydrogen) atoms. The van der Waals surface area contributed by atoms with E-state index in [1.165, 1.54) is 11.6 Å². The van der Waals surface area contributed by atoms with E-state index in [-0.39, 0.29) is 11.6 Å². The van der Waals surface area contributed by atoms with E-state index in [0.29, 0.717) is 30.0 Å². The predicted molar refractivity (Wildman–Crippen MR) is 94.4 cm³/mol. The number of hydrogen-bond acceptors (Lipinski definition) is 6. The number of hydrogen-bond donors (Lipinski definition) is 1. The summed E-state index contributed by atoms with van der Waals surface area (Å²) in [4.78, 5) is 15.2. The largest absolute Gasteiger partial charge is 0.379 e. The first-order chi connectivity index (χ1) is 12.2. The van der Waals surface area contributed by atoms with Gasteiger partial charge in [0.25, 0.3) is 11.6 Å². The summed E-state index contributed by atoms with van der Waals surface area (Å²) in [5.74, 6) is 0.860. The van der Waals surface area contributed by atoms with Gasteiger partial charge in [0, 0.05) is 24.6 Å². The van der Waals surface area contributed by atoms with Gasteiger partial charge in [0.2, 0.25) is 0 Å². The van der Waals surface area contributed by atoms with Crippen molar-refractivity contribution in [3.63, 3.8) is 0 Å². The fourth-order valence-corrected chi connectivity index (χ4v) is 2.47. The van der Waals surface area contributed by atoms with E-state index in [1.807, 2.05) is 37.3 Å². The number of nitro benzene ring substituents is 1. The third-order valence-corrected chi connectivity index (χ3v) is 3.80. The van der Waals surface area contributed by atoms with Crippen LogP contribution >= 0.6 is 0 Å². The molecule has 0 saturated carbocycles. The molecule has 0 radical (unpaired) electrons. The van der Waals surface area contributed by atoms with E-state index < -0.39 is 4.92 Å². The number of rotatable bonds is 7. The summed E-state index contributed by atoms with van der Waals surface area (Å²) in [5, 5.41) is 18.3. The first-order valence-electron chi connectivity index (χ1n) is 8.06. The van der Waals surface area contributed by atoms with Crippen molar-refractivity contribution in [1.82, 2.24) is 10.1 Å². The van der Waals surface area contributed by atoms with Crippen LogP contribution in [0, 0.1) is 10.1 Å². The van der Waals surface area contributed by atoms with Crippen molar-refractivity contribution in [3.8, 4) is 11.5 Å². The number of nitrogens with zero attached hydrogens (tertiary/aromatic N) is 3. The SMILES string of the molecule is CCc1noc(-c2ccc(NCCc3ccccc3)c([N+](=O)[O-])c2)n1. The zero-order valence-electron chi connectivity index (χ0n) is 13.8. The van der Waals surface area contributed by atoms with Crippen molar-refractivity contribution in [3.05, 3.63) is 70.0 Å². The Bertz CT molecular complexity index is 862. The second kappa shape index (κ2) is 7.57. The van der Waals surface area contributed by atoms with Gasteiger partial charge in [0.05, 0.1) is 4.92 Å². The molecule has 0 aliphatic heterocycles. The molecule has 1 heterocycles. The molecule has 0 aliphatic carbocycles. The monoisotopic (exact) mass is 338 g/mol. The van der Waals surface area contributed by atoms with Crippen LogP contribution in [0.1, 0.15) is 18.3 Å². The van der Waals surface area contributed by atoms with Crippen molar-refractivity contribution >= 4 is 11.4 Å². The van der Waals surface area contributed by atoms with Crippen LogP contribution in [-0.2, 0) is 12.8 Å². The summed E-state index contributed by atoms with van der Waals surface area (Å²) < 4.78 is 5.15. The lowest BCUT2D eigenvalue weighted by Gasteiger charge is -2.08. The Morgan fingerprint density at radius 3 is 2.68 bits per heavy atom. The molecule has 2 aromatic carbocycles. The van der Waals surface area contributed by atoms with E-state index in [2.05, 4.69) is 15.5 Å². The summed E-state index contributed by atoms with van der Waals surface area (Å²) in [7, 11) is 0. The van der Waals surface area contributed by atoms with Crippen molar-refractivity contribution < 1.29 is 9.45 Å². The minimum atomic E-state index is -0.411. The maximum absolute atomic E-state index is 11.4. The quantitative estimate of drug-likeness (QED) is 0.519. The molecule has 0 bridgehead atoms. The normalized spacial score (nSPS) is 10.6. The Balaban J connectivity index is 1.76. The molecule has 3 rings (SSSR count). The van der Waals surface area contributed by atoms with Crippen LogP contribution in [0.2, 0.25) is 0 Å². The van der Waals surface area contributed by atoms with Gasteiger partial charge >= 0.3 is 0 Å². The Morgan fingerprint density at radius 2 is 2.00 bits per heavy atom. The van der Waals surface area contributed by atoms with Crippen LogP contribution in [0.15, 0.2) is 53.1 Å². The molecule has 0 fully saturated rings. The van der Waals surface area contributed by atoms with Gasteiger partial charge in [-0.3, -0.25) is 10.1 Å². The highest BCUT2D eigenvalue weighted by Gasteiger charge is 2.17. The average molecular weight is 338 g/mol. The van der Waals surface area contributed by atoms with E-state index in [4.69, 9.17) is 4.52 Å². The second-order valence-corrected chi connectivity index (χ2v) is 5.52. The van der Waals surface area contributed by atoms with Crippen molar-refractivity contribution in [2.24, 2.45) is 0 Å². The van der Waals surface area contributed by atoms with Crippen LogP contribution in [0.25, 0.3) is 11.5 Å². The third-order valence-electron chi connectivity index (χ3n) is 3.80. The Morgan fingerprint density at radius 1 is 1.20 bits per heavy atom. The lowest BCUT2D eigenvalue weighted by molar-refractivity contribution is -0.383. The fourth-order valence-electron chi connectivity index (χ4n) is 2.47. The average Bonchev–Trinajstić information content (AvgIpc) is 3.12. The Kier molecular flexibility index (Phi) is 5.03. The van der Waals surface area contributed by atoms with Gasteiger partial charge in [0.15, 0.2) is 5.82 Å². The van der Waals surface area contributed by atoms with Crippen LogP contribution in [0.4, 0.5) is 11.4 Å². The Hall–Kier alpha value is -3.22. The summed E-state index contributed by atoms with van der Waals surface area (Å²) in [5.41, 5.74) is 2.17. The lowest BCUT2D eigenvalue weighted by Crippen LogP contribution is -2.07. The summed E-state index contributed by atoms with van der Waals surface area (Å²) in [6.45, 7) is 2.52. The van der Waals surface area contributed by atoms with Crippen LogP contribution in [-0.4, -0.2) is 21.6 Å². The molecule has 0 spiro atoms. The van der Waals surface area contributed by atoms with Gasteiger partial charge in [0.1, 0.15) is 5.69 Å². The highest BCUT2D eigenvalue weighted by Crippen LogP contribution is 2.30. The Labute approximate surface area is 144 Å². The van der Waals surface area contributed by atoms with E-state index in [9.17, 15) is 10.1 Å². The van der Waals surface area contributed by atoms with Crippen LogP contribution in [0.5, 0.6) is 0 Å². The topological polar surface area (TPSA) is 94.1 Å². The van der Waals surface area contributed by atoms with E-state index in [0.717, 1.165) is 6.42 Å². The molecular formula is C18H18N4O3. The highest BCUT2D eigenvalue weighted by atomic mass is 16.6. The first-order valence-corrected chi connectivity index (χ1v) is 8.06. The third kappa shape index (κ3) is 4.00. The maximum atomic E-state index is 11.4. The molecule has 128 valence electrons. The molecule has 3 aromatic rings. The molecule has 1 N–H and O–H groups in total. The van der Waals surface area contributed by atoms with Gasteiger partial charge in [-0.15, -0.1) is 0 Å². The molecule has 0 unspecified atom stereocenters. The van der Waals surface area contributed by atoms with Crippen molar-refractivity contribution in [1.29, 1.82) is 0 Å². The minimum Gasteiger partial charge on any atom is -0.379 e. The van der Waals surface area contributed by atoms with Crippen molar-refractivity contribution in [2.75, 3.05) is 11.9 Å². The van der Waals surface area contributed by atoms with Gasteiger partial charge in [-0.05, 0) is 24.1 Å². The molecule has 0 atom stereocenters. The maximum Gasteiger partial charge on any atom is 0.293 e. The van der Waals surface area contributed by atoms with Gasteiger partial charge in [-0.1, -0.05) is 42.4 Å². The summed E-state index contributed by atoms with van der Waals surface area (Å²) >= 11 is 0. The molecule has 0 aliphatic rings. The van der Waals surface area contributed by atoms with Gasteiger partial charge < -0.3 is 9.84 Å². The molecule has 1 aromatic heterocycles. The first kappa shape index (κ1) is 16.6. The molecule has 7 heteroatoms.